The maximum Gasteiger partial charge on any atom is 0.0775 e. The monoisotopic (exact) mass is 234 g/mol. The van der Waals surface area contributed by atoms with Gasteiger partial charge in [0.25, 0.3) is 0 Å². The first-order valence-corrected chi connectivity index (χ1v) is 6.24. The highest BCUT2D eigenvalue weighted by atomic mass is 32.1. The smallest absolute Gasteiger partial charge is 0.0775 e. The van der Waals surface area contributed by atoms with Gasteiger partial charge in [-0.15, -0.1) is 11.3 Å². The van der Waals surface area contributed by atoms with E-state index >= 15 is 0 Å². The second kappa shape index (κ2) is 5.86. The third-order valence-electron chi connectivity index (χ3n) is 2.40. The second-order valence-corrected chi connectivity index (χ2v) is 4.66. The van der Waals surface area contributed by atoms with Crippen LogP contribution in [0.15, 0.2) is 29.7 Å². The van der Waals surface area contributed by atoms with E-state index in [2.05, 4.69) is 11.8 Å². The zero-order valence-electron chi connectivity index (χ0n) is 8.93. The summed E-state index contributed by atoms with van der Waals surface area (Å²) in [5.74, 6) is 6.03. The van der Waals surface area contributed by atoms with E-state index in [4.69, 9.17) is 4.74 Å². The van der Waals surface area contributed by atoms with Crippen LogP contribution in [0.3, 0.4) is 0 Å². The molecule has 84 valence electrons. The van der Waals surface area contributed by atoms with Crippen molar-refractivity contribution in [1.82, 2.24) is 0 Å². The van der Waals surface area contributed by atoms with Crippen molar-refractivity contribution < 1.29 is 9.84 Å². The van der Waals surface area contributed by atoms with Gasteiger partial charge in [0.05, 0.1) is 23.7 Å². The first-order chi connectivity index (χ1) is 7.84. The van der Waals surface area contributed by atoms with Crippen LogP contribution in [-0.2, 0) is 4.74 Å². The van der Waals surface area contributed by atoms with E-state index in [0.29, 0.717) is 6.61 Å². The van der Waals surface area contributed by atoms with Crippen molar-refractivity contribution in [2.75, 3.05) is 6.61 Å². The van der Waals surface area contributed by atoms with Gasteiger partial charge in [-0.2, -0.15) is 0 Å². The van der Waals surface area contributed by atoms with Crippen LogP contribution in [0.5, 0.6) is 0 Å². The van der Waals surface area contributed by atoms with Crippen LogP contribution in [0.1, 0.15) is 17.7 Å². The summed E-state index contributed by atoms with van der Waals surface area (Å²) in [6.07, 6.45) is 5.31. The Balaban J connectivity index is 1.81. The van der Waals surface area contributed by atoms with Gasteiger partial charge in [-0.05, 0) is 36.4 Å². The van der Waals surface area contributed by atoms with Gasteiger partial charge in [-0.25, -0.2) is 0 Å². The fraction of sp³-hybridized carbons (Fsp3) is 0.385. The van der Waals surface area contributed by atoms with Crippen molar-refractivity contribution in [3.63, 3.8) is 0 Å². The van der Waals surface area contributed by atoms with E-state index in [1.54, 1.807) is 11.3 Å². The molecule has 2 rings (SSSR count). The summed E-state index contributed by atoms with van der Waals surface area (Å²) in [6, 6.07) is 3.99. The van der Waals surface area contributed by atoms with Gasteiger partial charge in [0.1, 0.15) is 0 Å². The van der Waals surface area contributed by atoms with Gasteiger partial charge in [0.15, 0.2) is 0 Å². The lowest BCUT2D eigenvalue weighted by Crippen LogP contribution is -2.27. The van der Waals surface area contributed by atoms with Crippen molar-refractivity contribution in [1.29, 1.82) is 0 Å². The minimum atomic E-state index is -0.290. The molecular weight excluding hydrogens is 220 g/mol. The molecule has 0 unspecified atom stereocenters. The molecule has 0 aliphatic carbocycles. The Kier molecular flexibility index (Phi) is 4.17. The van der Waals surface area contributed by atoms with E-state index in [-0.39, 0.29) is 12.2 Å². The van der Waals surface area contributed by atoms with E-state index in [0.717, 1.165) is 17.7 Å². The largest absolute Gasteiger partial charge is 0.391 e. The number of rotatable bonds is 1. The van der Waals surface area contributed by atoms with Crippen LogP contribution in [0.2, 0.25) is 0 Å². The lowest BCUT2D eigenvalue weighted by molar-refractivity contribution is -0.0358. The van der Waals surface area contributed by atoms with Crippen LogP contribution < -0.4 is 0 Å². The van der Waals surface area contributed by atoms with Gasteiger partial charge in [0.2, 0.25) is 0 Å². The molecule has 1 aromatic rings. The molecule has 2 atom stereocenters. The Labute approximate surface area is 99.6 Å². The molecule has 1 fully saturated rings. The minimum absolute atomic E-state index is 0.112. The fourth-order valence-electron chi connectivity index (χ4n) is 1.53. The Morgan fingerprint density at radius 3 is 3.12 bits per heavy atom. The Bertz CT molecular complexity index is 389. The standard InChI is InChI=1S/C13H14O2S/c14-11-7-8-12(15-10-11)4-1-2-5-13-6-3-9-16-13/h1,3-4,6,9,11-12,14H,7-8,10H2/t11-,12+/m1/s1. The van der Waals surface area contributed by atoms with Gasteiger partial charge >= 0.3 is 0 Å². The van der Waals surface area contributed by atoms with Crippen LogP contribution in [0, 0.1) is 11.8 Å². The average molecular weight is 234 g/mol. The van der Waals surface area contributed by atoms with Crippen molar-refractivity contribution in [3.8, 4) is 11.8 Å². The van der Waals surface area contributed by atoms with E-state index in [9.17, 15) is 5.11 Å². The third-order valence-corrected chi connectivity index (χ3v) is 3.18. The molecule has 16 heavy (non-hydrogen) atoms. The molecule has 2 heterocycles. The number of ether oxygens (including phenoxy) is 1. The summed E-state index contributed by atoms with van der Waals surface area (Å²) in [7, 11) is 0. The molecule has 0 bridgehead atoms. The molecule has 1 saturated heterocycles. The van der Waals surface area contributed by atoms with Crippen LogP contribution in [0.25, 0.3) is 0 Å². The topological polar surface area (TPSA) is 29.5 Å². The van der Waals surface area contributed by atoms with E-state index < -0.39 is 0 Å². The van der Waals surface area contributed by atoms with Crippen molar-refractivity contribution in [2.45, 2.75) is 25.0 Å². The van der Waals surface area contributed by atoms with E-state index in [1.807, 2.05) is 29.7 Å². The molecule has 0 saturated carbocycles. The van der Waals surface area contributed by atoms with Gasteiger partial charge in [-0.1, -0.05) is 17.9 Å². The van der Waals surface area contributed by atoms with Crippen molar-refractivity contribution in [2.24, 2.45) is 0 Å². The molecule has 0 amide bonds. The number of allylic oxidation sites excluding steroid dienone is 1. The number of hydrogen-bond acceptors (Lipinski definition) is 3. The van der Waals surface area contributed by atoms with Gasteiger partial charge in [-0.3, -0.25) is 0 Å². The van der Waals surface area contributed by atoms with Crippen LogP contribution >= 0.6 is 11.3 Å². The summed E-state index contributed by atoms with van der Waals surface area (Å²) in [5, 5.41) is 11.3. The molecule has 1 aromatic heterocycles. The summed E-state index contributed by atoms with van der Waals surface area (Å²) < 4.78 is 5.43. The van der Waals surface area contributed by atoms with Crippen LogP contribution in [-0.4, -0.2) is 23.9 Å². The van der Waals surface area contributed by atoms with Gasteiger partial charge < -0.3 is 9.84 Å². The summed E-state index contributed by atoms with van der Waals surface area (Å²) in [6.45, 7) is 0.438. The molecule has 1 aliphatic rings. The first-order valence-electron chi connectivity index (χ1n) is 5.36. The maximum atomic E-state index is 9.25. The zero-order chi connectivity index (χ0) is 11.2. The minimum Gasteiger partial charge on any atom is -0.391 e. The van der Waals surface area contributed by atoms with Gasteiger partial charge in [0, 0.05) is 0 Å². The van der Waals surface area contributed by atoms with Crippen LogP contribution in [0.4, 0.5) is 0 Å². The molecule has 2 nitrogen and oxygen atoms in total. The molecule has 0 spiro atoms. The summed E-state index contributed by atoms with van der Waals surface area (Å²) in [4.78, 5) is 1.07. The molecule has 1 N–H and O–H groups in total. The highest BCUT2D eigenvalue weighted by Gasteiger charge is 2.16. The number of hydrogen-bond donors (Lipinski definition) is 1. The predicted octanol–water partition coefficient (Wildman–Crippen LogP) is 2.20. The molecule has 1 aliphatic heterocycles. The summed E-state index contributed by atoms with van der Waals surface area (Å²) >= 11 is 1.64. The predicted molar refractivity (Wildman–Crippen MR) is 65.3 cm³/mol. The normalized spacial score (nSPS) is 25.3. The molecular formula is C13H14O2S. The lowest BCUT2D eigenvalue weighted by atomic mass is 10.1. The Morgan fingerprint density at radius 2 is 2.44 bits per heavy atom. The molecule has 0 radical (unpaired) electrons. The Morgan fingerprint density at radius 1 is 1.50 bits per heavy atom. The van der Waals surface area contributed by atoms with E-state index in [1.165, 1.54) is 0 Å². The lowest BCUT2D eigenvalue weighted by Gasteiger charge is -2.23. The fourth-order valence-corrected chi connectivity index (χ4v) is 2.11. The first kappa shape index (κ1) is 11.4. The highest BCUT2D eigenvalue weighted by Crippen LogP contribution is 2.14. The Hall–Kier alpha value is -1.08. The highest BCUT2D eigenvalue weighted by molar-refractivity contribution is 7.10. The number of aliphatic hydroxyl groups excluding tert-OH is 1. The zero-order valence-corrected chi connectivity index (χ0v) is 9.74. The quantitative estimate of drug-likeness (QED) is 0.755. The summed E-state index contributed by atoms with van der Waals surface area (Å²) in [5.41, 5.74) is 0. The molecule has 3 heteroatoms. The molecule has 0 aromatic carbocycles. The van der Waals surface area contributed by atoms with Crippen molar-refractivity contribution >= 4 is 11.3 Å². The average Bonchev–Trinajstić information content (AvgIpc) is 2.80. The third kappa shape index (κ3) is 3.49. The maximum absolute atomic E-state index is 9.25. The number of aliphatic hydroxyl groups is 1. The SMILES string of the molecule is O[C@@H]1CC[C@H](C=CC#Cc2cccs2)OC1. The number of thiophene rings is 1. The second-order valence-electron chi connectivity index (χ2n) is 3.71. The van der Waals surface area contributed by atoms with Crippen molar-refractivity contribution in [3.05, 3.63) is 34.5 Å².